The first-order valence-electron chi connectivity index (χ1n) is 31.4. The number of hydrogen-bond donors (Lipinski definition) is 0. The summed E-state index contributed by atoms with van der Waals surface area (Å²) in [4.78, 5) is 43.5. The van der Waals surface area contributed by atoms with Crippen molar-refractivity contribution in [1.29, 1.82) is 10.5 Å². The Kier molecular flexibility index (Phi) is 23.9. The molecule has 472 valence electrons. The normalized spacial score (nSPS) is 10.5. The predicted molar refractivity (Wildman–Crippen MR) is 376 cm³/mol. The quantitative estimate of drug-likeness (QED) is 0.0499. The summed E-state index contributed by atoms with van der Waals surface area (Å²) >= 11 is 0. The molecule has 93 heavy (non-hydrogen) atoms. The summed E-state index contributed by atoms with van der Waals surface area (Å²) in [7, 11) is 0. The van der Waals surface area contributed by atoms with Crippen molar-refractivity contribution in [3.63, 3.8) is 0 Å². The lowest BCUT2D eigenvalue weighted by Crippen LogP contribution is -2.03. The van der Waals surface area contributed by atoms with Crippen molar-refractivity contribution in [2.45, 2.75) is 163 Å². The second-order valence-corrected chi connectivity index (χ2v) is 25.5. The van der Waals surface area contributed by atoms with Gasteiger partial charge in [0.15, 0.2) is 0 Å². The minimum atomic E-state index is 0.644. The molecule has 0 radical (unpaired) electrons. The maximum absolute atomic E-state index is 10.8. The largest absolute Gasteiger partial charge is 0.387 e. The molecule has 0 aromatic heterocycles. The highest BCUT2D eigenvalue weighted by molar-refractivity contribution is 5.62. The molecule has 0 aliphatic heterocycles. The van der Waals surface area contributed by atoms with E-state index >= 15 is 0 Å². The van der Waals surface area contributed by atoms with Gasteiger partial charge in [-0.3, -0.25) is 0 Å². The van der Waals surface area contributed by atoms with E-state index in [4.69, 9.17) is 20.0 Å². The molecule has 0 heterocycles. The molecule has 9 aromatic rings. The molecule has 0 aliphatic rings. The molecule has 0 unspecified atom stereocenters. The molecule has 0 saturated carbocycles. The first kappa shape index (κ1) is 70.2. The van der Waals surface area contributed by atoms with E-state index in [2.05, 4.69) is 186 Å². The second kappa shape index (κ2) is 31.6. The van der Waals surface area contributed by atoms with E-state index in [1.165, 1.54) is 111 Å². The molecular weight excluding hydrogens is 1150 g/mol. The van der Waals surface area contributed by atoms with E-state index in [-0.39, 0.29) is 0 Å². The van der Waals surface area contributed by atoms with Gasteiger partial charge >= 0.3 is 0 Å². The van der Waals surface area contributed by atoms with Gasteiger partial charge in [-0.05, 0) is 324 Å². The minimum Gasteiger partial charge on any atom is -0.387 e. The number of nitrogens with zero attached hydrogens (tertiary/aromatic N) is 5. The third-order valence-corrected chi connectivity index (χ3v) is 17.7. The Hall–Kier alpha value is -10.3. The molecule has 0 amide bonds. The van der Waals surface area contributed by atoms with Crippen molar-refractivity contribution in [2.24, 2.45) is 15.0 Å². The van der Waals surface area contributed by atoms with Gasteiger partial charge in [-0.2, -0.15) is 15.0 Å². The summed E-state index contributed by atoms with van der Waals surface area (Å²) in [5.41, 5.74) is 37.6. The van der Waals surface area contributed by atoms with Gasteiger partial charge < -0.3 is 9.47 Å². The number of aryl methyl sites for hydroxylation is 18. The van der Waals surface area contributed by atoms with Gasteiger partial charge in [0, 0.05) is 0 Å². The van der Waals surface area contributed by atoms with Gasteiger partial charge in [-0.1, -0.05) is 121 Å². The summed E-state index contributed by atoms with van der Waals surface area (Å²) in [5, 5.41) is 17.8. The average molecular weight is 1230 g/mol. The van der Waals surface area contributed by atoms with Crippen molar-refractivity contribution in [2.75, 3.05) is 0 Å². The van der Waals surface area contributed by atoms with Crippen LogP contribution in [0.3, 0.4) is 0 Å². The Morgan fingerprint density at radius 2 is 0.495 bits per heavy atom. The molecule has 9 rings (SSSR count). The third kappa shape index (κ3) is 18.0. The fourth-order valence-corrected chi connectivity index (χ4v) is 13.1. The van der Waals surface area contributed by atoms with E-state index in [0.717, 1.165) is 99.8 Å². The molecule has 0 atom stereocenters. The molecule has 9 aromatic carbocycles. The van der Waals surface area contributed by atoms with Crippen LogP contribution in [0.2, 0.25) is 0 Å². The summed E-state index contributed by atoms with van der Waals surface area (Å²) in [6, 6.07) is 41.5. The standard InChI is InChI=1S/C37H38N2O2.C28H28N2O2.C18H19NO/c1-22-9-24(3)34(17-32(22)15-30-11-26(5)36(39-21-40)27(6)12-30)19-35-18-33(23(2)10-25(35)4)16-31-13-28(7)37(41-20-38)29(8)14-31;1-17-7-18(2)26(13-24-10-21(5)28(32-15-29)22(6)11-24)14-25(17)12-23-8-19(3)27(30-16-31)20(4)9-23;1-12-5-6-17(13(2)7-12)10-16-8-14(3)18(19-11-20)15(4)9-16/h9-14,17-18H,15-16,19H2,1-8H3;7-11,14H,12-13H2,1-6H3;5-9H,10H2,1-4H3. The molecule has 0 saturated heterocycles. The molecule has 0 fully saturated rings. The molecule has 0 aliphatic carbocycles. The van der Waals surface area contributed by atoms with Crippen LogP contribution < -0.4 is 9.47 Å². The first-order chi connectivity index (χ1) is 44.2. The van der Waals surface area contributed by atoms with Crippen molar-refractivity contribution in [3.05, 3.63) is 282 Å². The zero-order chi connectivity index (χ0) is 68.0. The third-order valence-electron chi connectivity index (χ3n) is 17.7. The van der Waals surface area contributed by atoms with Gasteiger partial charge in [-0.25, -0.2) is 14.4 Å². The van der Waals surface area contributed by atoms with Crippen LogP contribution in [-0.2, 0) is 52.9 Å². The van der Waals surface area contributed by atoms with E-state index in [1.54, 1.807) is 30.8 Å². The highest BCUT2D eigenvalue weighted by atomic mass is 16.5. The Balaban J connectivity index is 0.000000209. The Bertz CT molecular complexity index is 4470. The van der Waals surface area contributed by atoms with Crippen molar-refractivity contribution >= 4 is 35.3 Å². The zero-order valence-corrected chi connectivity index (χ0v) is 57.5. The Morgan fingerprint density at radius 1 is 0.269 bits per heavy atom. The summed E-state index contributed by atoms with van der Waals surface area (Å²) < 4.78 is 10.3. The first-order valence-corrected chi connectivity index (χ1v) is 31.4. The summed E-state index contributed by atoms with van der Waals surface area (Å²) in [6.07, 6.45) is 13.6. The van der Waals surface area contributed by atoms with Crippen LogP contribution in [0.15, 0.2) is 130 Å². The SMILES string of the molecule is Cc1cc(C)c(Cc2cc(C)c(OC#N)c(C)c2)cc1Cc1cc(C)c(N=C=O)c(C)c1.Cc1cc(C)c(Cc2cc(Cc3cc(C)c(OC#N)c(C)c3)c(C)cc2C)cc1Cc1cc(C)c(N=C=O)c(C)c1.Cc1ccc(Cc2cc(C)c(N=C=O)c(C)c2)c(C)c1. The fourth-order valence-electron chi connectivity index (χ4n) is 13.1. The maximum atomic E-state index is 10.8. The Labute approximate surface area is 551 Å². The van der Waals surface area contributed by atoms with Crippen LogP contribution in [0, 0.1) is 148 Å². The predicted octanol–water partition coefficient (Wildman–Crippen LogP) is 19.8. The lowest BCUT2D eigenvalue weighted by Gasteiger charge is -2.17. The topological polar surface area (TPSA) is 154 Å². The summed E-state index contributed by atoms with van der Waals surface area (Å²) in [6.45, 7) is 37.2. The molecule has 0 bridgehead atoms. The number of aliphatic imine (C=N–C) groups is 3. The highest BCUT2D eigenvalue weighted by Crippen LogP contribution is 2.34. The molecule has 0 spiro atoms. The van der Waals surface area contributed by atoms with Crippen LogP contribution >= 0.6 is 0 Å². The molecule has 10 heteroatoms. The average Bonchev–Trinajstić information content (AvgIpc) is 0.873. The number of ether oxygens (including phenoxy) is 2. The van der Waals surface area contributed by atoms with E-state index in [1.807, 2.05) is 69.2 Å². The van der Waals surface area contributed by atoms with Crippen molar-refractivity contribution in [3.8, 4) is 24.0 Å². The number of carbonyl (C=O) groups excluding carboxylic acids is 3. The minimum absolute atomic E-state index is 0.644. The Morgan fingerprint density at radius 3 is 0.731 bits per heavy atom. The number of benzene rings is 9. The molecule has 0 N–H and O–H groups in total. The lowest BCUT2D eigenvalue weighted by molar-refractivity contribution is 0.498. The van der Waals surface area contributed by atoms with Crippen LogP contribution in [0.5, 0.6) is 11.5 Å². The maximum Gasteiger partial charge on any atom is 0.292 e. The van der Waals surface area contributed by atoms with E-state index in [9.17, 15) is 14.4 Å². The zero-order valence-electron chi connectivity index (χ0n) is 57.5. The lowest BCUT2D eigenvalue weighted by atomic mass is 9.88. The summed E-state index contributed by atoms with van der Waals surface area (Å²) in [5.74, 6) is 1.30. The van der Waals surface area contributed by atoms with Gasteiger partial charge in [0.2, 0.25) is 18.2 Å². The van der Waals surface area contributed by atoms with Crippen molar-refractivity contribution in [1.82, 2.24) is 0 Å². The van der Waals surface area contributed by atoms with Gasteiger partial charge in [-0.15, -0.1) is 10.5 Å². The van der Waals surface area contributed by atoms with E-state index in [0.29, 0.717) is 22.9 Å². The molecule has 10 nitrogen and oxygen atoms in total. The van der Waals surface area contributed by atoms with E-state index < -0.39 is 0 Å². The van der Waals surface area contributed by atoms with Crippen LogP contribution in [0.4, 0.5) is 17.1 Å². The van der Waals surface area contributed by atoms with Gasteiger partial charge in [0.25, 0.3) is 12.5 Å². The number of rotatable bonds is 17. The number of hydrogen-bond acceptors (Lipinski definition) is 10. The number of isocyanates is 3. The van der Waals surface area contributed by atoms with Crippen LogP contribution in [-0.4, -0.2) is 18.2 Å². The van der Waals surface area contributed by atoms with Crippen LogP contribution in [0.25, 0.3) is 0 Å². The molecular formula is C83H85N5O5. The van der Waals surface area contributed by atoms with Gasteiger partial charge in [0.05, 0.1) is 17.1 Å². The van der Waals surface area contributed by atoms with Crippen LogP contribution in [0.1, 0.15) is 167 Å². The van der Waals surface area contributed by atoms with Gasteiger partial charge in [0.1, 0.15) is 11.5 Å². The highest BCUT2D eigenvalue weighted by Gasteiger charge is 2.17. The number of nitriles is 2. The smallest absolute Gasteiger partial charge is 0.292 e. The second-order valence-electron chi connectivity index (χ2n) is 25.5. The monoisotopic (exact) mass is 1230 g/mol. The fraction of sp³-hybridized carbons (Fsp3) is 0.289. The van der Waals surface area contributed by atoms with Crippen molar-refractivity contribution < 1.29 is 23.9 Å².